The van der Waals surface area contributed by atoms with Crippen LogP contribution in [0, 0.1) is 0 Å². The monoisotopic (exact) mass is 398 g/mol. The van der Waals surface area contributed by atoms with Crippen molar-refractivity contribution in [1.29, 1.82) is 0 Å². The van der Waals surface area contributed by atoms with Crippen molar-refractivity contribution in [3.8, 4) is 11.5 Å². The fraction of sp³-hybridized carbons (Fsp3) is 0.500. The molecule has 1 aliphatic rings. The maximum atomic E-state index is 10.3. The van der Waals surface area contributed by atoms with Gasteiger partial charge in [-0.15, -0.1) is 0 Å². The number of aliphatic hydroxyl groups is 1. The van der Waals surface area contributed by atoms with E-state index in [4.69, 9.17) is 9.47 Å². The van der Waals surface area contributed by atoms with Gasteiger partial charge in [0.1, 0.15) is 12.7 Å². The third-order valence-electron chi connectivity index (χ3n) is 5.67. The molecule has 3 rings (SSSR count). The predicted octanol–water partition coefficient (Wildman–Crippen LogP) is 3.03. The van der Waals surface area contributed by atoms with Crippen LogP contribution in [0.3, 0.4) is 0 Å². The van der Waals surface area contributed by atoms with Gasteiger partial charge in [0.25, 0.3) is 0 Å². The fourth-order valence-electron chi connectivity index (χ4n) is 3.93. The summed E-state index contributed by atoms with van der Waals surface area (Å²) in [6.07, 6.45) is 1.62. The number of rotatable bonds is 11. The smallest absolute Gasteiger partial charge is 0.161 e. The van der Waals surface area contributed by atoms with E-state index in [2.05, 4.69) is 54.4 Å². The first-order chi connectivity index (χ1) is 14.1. The van der Waals surface area contributed by atoms with E-state index in [9.17, 15) is 5.11 Å². The van der Waals surface area contributed by atoms with Gasteiger partial charge < -0.3 is 24.8 Å². The Bertz CT molecular complexity index is 751. The Morgan fingerprint density at radius 2 is 1.76 bits per heavy atom. The van der Waals surface area contributed by atoms with Gasteiger partial charge in [-0.25, -0.2) is 0 Å². The maximum Gasteiger partial charge on any atom is 0.161 e. The Hall–Kier alpha value is -2.08. The summed E-state index contributed by atoms with van der Waals surface area (Å²) in [5.41, 5.74) is 4.05. The highest BCUT2D eigenvalue weighted by Crippen LogP contribution is 2.29. The summed E-state index contributed by atoms with van der Waals surface area (Å²) in [6.45, 7) is 7.67. The third-order valence-corrected chi connectivity index (χ3v) is 5.67. The molecule has 29 heavy (non-hydrogen) atoms. The molecule has 0 radical (unpaired) electrons. The van der Waals surface area contributed by atoms with Crippen molar-refractivity contribution in [2.75, 3.05) is 33.4 Å². The lowest BCUT2D eigenvalue weighted by atomic mass is 10.1. The first-order valence-electron chi connectivity index (χ1n) is 10.6. The quantitative estimate of drug-likeness (QED) is 0.609. The molecule has 0 heterocycles. The molecule has 0 fully saturated rings. The van der Waals surface area contributed by atoms with E-state index >= 15 is 0 Å². The first-order valence-corrected chi connectivity index (χ1v) is 10.6. The van der Waals surface area contributed by atoms with Gasteiger partial charge >= 0.3 is 0 Å². The molecule has 5 heteroatoms. The van der Waals surface area contributed by atoms with E-state index < -0.39 is 6.10 Å². The lowest BCUT2D eigenvalue weighted by Crippen LogP contribution is -2.35. The largest absolute Gasteiger partial charge is 0.493 e. The number of methoxy groups -OCH3 is 1. The number of hydrogen-bond acceptors (Lipinski definition) is 5. The second kappa shape index (κ2) is 10.6. The zero-order valence-electron chi connectivity index (χ0n) is 17.9. The molecule has 0 unspecified atom stereocenters. The molecule has 0 amide bonds. The minimum absolute atomic E-state index is 0.252. The highest BCUT2D eigenvalue weighted by atomic mass is 16.5. The molecule has 2 aromatic rings. The van der Waals surface area contributed by atoms with Crippen molar-refractivity contribution in [1.82, 2.24) is 10.2 Å². The second-order valence-corrected chi connectivity index (χ2v) is 7.69. The van der Waals surface area contributed by atoms with Crippen molar-refractivity contribution >= 4 is 0 Å². The summed E-state index contributed by atoms with van der Waals surface area (Å²) in [7, 11) is 1.64. The van der Waals surface area contributed by atoms with Crippen LogP contribution < -0.4 is 14.8 Å². The minimum atomic E-state index is -0.529. The minimum Gasteiger partial charge on any atom is -0.493 e. The van der Waals surface area contributed by atoms with Gasteiger partial charge in [-0.1, -0.05) is 44.2 Å². The van der Waals surface area contributed by atoms with Crippen molar-refractivity contribution in [3.63, 3.8) is 0 Å². The molecule has 1 aliphatic carbocycles. The van der Waals surface area contributed by atoms with Gasteiger partial charge in [0.2, 0.25) is 0 Å². The van der Waals surface area contributed by atoms with E-state index in [-0.39, 0.29) is 6.61 Å². The lowest BCUT2D eigenvalue weighted by molar-refractivity contribution is 0.0705. The average molecular weight is 399 g/mol. The van der Waals surface area contributed by atoms with Gasteiger partial charge in [-0.2, -0.15) is 0 Å². The summed E-state index contributed by atoms with van der Waals surface area (Å²) in [5.74, 6) is 1.37. The molecule has 1 atom stereocenters. The molecule has 2 N–H and O–H groups in total. The maximum absolute atomic E-state index is 10.3. The first kappa shape index (κ1) is 21.6. The highest BCUT2D eigenvalue weighted by molar-refractivity contribution is 5.43. The summed E-state index contributed by atoms with van der Waals surface area (Å²) in [5, 5.41) is 14.0. The number of ether oxygens (including phenoxy) is 2. The highest BCUT2D eigenvalue weighted by Gasteiger charge is 2.20. The number of nitrogens with one attached hydrogen (secondary N) is 1. The van der Waals surface area contributed by atoms with Crippen LogP contribution in [0.5, 0.6) is 11.5 Å². The average Bonchev–Trinajstić information content (AvgIpc) is 3.17. The molecule has 0 saturated heterocycles. The third kappa shape index (κ3) is 5.95. The van der Waals surface area contributed by atoms with Crippen molar-refractivity contribution in [3.05, 3.63) is 59.2 Å². The van der Waals surface area contributed by atoms with Crippen LogP contribution in [0.15, 0.2) is 42.5 Å². The molecule has 0 spiro atoms. The van der Waals surface area contributed by atoms with Crippen LogP contribution in [0.1, 0.15) is 30.5 Å². The molecule has 0 bridgehead atoms. The van der Waals surface area contributed by atoms with Crippen LogP contribution in [-0.2, 0) is 19.4 Å². The van der Waals surface area contributed by atoms with Gasteiger partial charge in [-0.3, -0.25) is 0 Å². The summed E-state index contributed by atoms with van der Waals surface area (Å²) in [6, 6.07) is 15.2. The molecular formula is C24H34N2O3. The normalized spacial score (nSPS) is 14.8. The second-order valence-electron chi connectivity index (χ2n) is 7.69. The van der Waals surface area contributed by atoms with Crippen LogP contribution in [-0.4, -0.2) is 55.5 Å². The number of hydrogen-bond donors (Lipinski definition) is 2. The van der Waals surface area contributed by atoms with Crippen molar-refractivity contribution < 1.29 is 14.6 Å². The Morgan fingerprint density at radius 1 is 1.07 bits per heavy atom. The van der Waals surface area contributed by atoms with Gasteiger partial charge in [-0.05, 0) is 54.8 Å². The molecule has 0 saturated carbocycles. The van der Waals surface area contributed by atoms with Gasteiger partial charge in [0.15, 0.2) is 11.5 Å². The van der Waals surface area contributed by atoms with E-state index in [0.29, 0.717) is 24.1 Å². The van der Waals surface area contributed by atoms with Crippen molar-refractivity contribution in [2.45, 2.75) is 45.4 Å². The van der Waals surface area contributed by atoms with Gasteiger partial charge in [0, 0.05) is 19.1 Å². The van der Waals surface area contributed by atoms with E-state index in [1.807, 2.05) is 12.1 Å². The zero-order chi connectivity index (χ0) is 20.6. The molecule has 0 aliphatic heterocycles. The topological polar surface area (TPSA) is 54.0 Å². The number of aliphatic hydroxyl groups excluding tert-OH is 1. The SMILES string of the molecule is CCN(CC)C[C@H](O)COc1cc(CNC2Cc3ccccc3C2)ccc1OC. The van der Waals surface area contributed by atoms with E-state index in [1.54, 1.807) is 7.11 Å². The molecule has 5 nitrogen and oxygen atoms in total. The van der Waals surface area contributed by atoms with Crippen molar-refractivity contribution in [2.24, 2.45) is 0 Å². The number of benzene rings is 2. The zero-order valence-corrected chi connectivity index (χ0v) is 17.9. The standard InChI is InChI=1S/C24H34N2O3/c1-4-26(5-2)16-22(27)17-29-24-12-18(10-11-23(24)28-3)15-25-21-13-19-8-6-7-9-20(19)14-21/h6-12,21-22,25,27H,4-5,13-17H2,1-3H3/t22-/m0/s1. The van der Waals surface area contributed by atoms with E-state index in [0.717, 1.165) is 38.0 Å². The summed E-state index contributed by atoms with van der Waals surface area (Å²) < 4.78 is 11.4. The Kier molecular flexibility index (Phi) is 7.92. The summed E-state index contributed by atoms with van der Waals surface area (Å²) in [4.78, 5) is 2.19. The molecular weight excluding hydrogens is 364 g/mol. The Balaban J connectivity index is 1.54. The van der Waals surface area contributed by atoms with Gasteiger partial charge in [0.05, 0.1) is 7.11 Å². The fourth-order valence-corrected chi connectivity index (χ4v) is 3.93. The van der Waals surface area contributed by atoms with Crippen LogP contribution in [0.2, 0.25) is 0 Å². The predicted molar refractivity (Wildman–Crippen MR) is 117 cm³/mol. The number of fused-ring (bicyclic) bond motifs is 1. The molecule has 0 aromatic heterocycles. The molecule has 158 valence electrons. The summed E-state index contributed by atoms with van der Waals surface area (Å²) >= 11 is 0. The van der Waals surface area contributed by atoms with Crippen LogP contribution in [0.25, 0.3) is 0 Å². The Morgan fingerprint density at radius 3 is 2.38 bits per heavy atom. The number of nitrogens with zero attached hydrogens (tertiary/aromatic N) is 1. The van der Waals surface area contributed by atoms with Crippen LogP contribution in [0.4, 0.5) is 0 Å². The van der Waals surface area contributed by atoms with Crippen LogP contribution >= 0.6 is 0 Å². The Labute approximate surface area is 174 Å². The molecule has 2 aromatic carbocycles. The number of likely N-dealkylation sites (N-methyl/N-ethyl adjacent to an activating group) is 1. The van der Waals surface area contributed by atoms with E-state index in [1.165, 1.54) is 11.1 Å². The lowest BCUT2D eigenvalue weighted by Gasteiger charge is -2.22.